The molecule has 2 aromatic carbocycles. The first-order valence-electron chi connectivity index (χ1n) is 9.57. The van der Waals surface area contributed by atoms with Crippen molar-refractivity contribution in [1.29, 1.82) is 0 Å². The number of carbonyl (C=O) groups excluding carboxylic acids is 1. The number of hydrogen-bond donors (Lipinski definition) is 0. The highest BCUT2D eigenvalue weighted by Crippen LogP contribution is 2.38. The maximum Gasteiger partial charge on any atom is 0.227 e. The second-order valence-electron chi connectivity index (χ2n) is 7.68. The SMILES string of the molecule is COc1ccc(Cl)cc1N1C[C@@H](c2nc3ccccc3n2CC(C)C)CC1=O. The first-order chi connectivity index (χ1) is 13.5. The molecule has 0 aliphatic carbocycles. The number of imidazole rings is 1. The molecule has 3 aromatic rings. The molecular weight excluding hydrogens is 374 g/mol. The average Bonchev–Trinajstić information content (AvgIpc) is 3.22. The smallest absolute Gasteiger partial charge is 0.227 e. The Morgan fingerprint density at radius 3 is 2.79 bits per heavy atom. The van der Waals surface area contributed by atoms with Crippen LogP contribution >= 0.6 is 11.6 Å². The molecule has 1 aromatic heterocycles. The van der Waals surface area contributed by atoms with Gasteiger partial charge in [0.05, 0.1) is 23.8 Å². The highest BCUT2D eigenvalue weighted by molar-refractivity contribution is 6.31. The zero-order valence-electron chi connectivity index (χ0n) is 16.4. The largest absolute Gasteiger partial charge is 0.495 e. The van der Waals surface area contributed by atoms with Gasteiger partial charge >= 0.3 is 0 Å². The number of anilines is 1. The number of ether oxygens (including phenoxy) is 1. The van der Waals surface area contributed by atoms with Crippen LogP contribution in [0.5, 0.6) is 5.75 Å². The Balaban J connectivity index is 1.73. The minimum absolute atomic E-state index is 0.0299. The molecular formula is C22H24ClN3O2. The van der Waals surface area contributed by atoms with Gasteiger partial charge < -0.3 is 14.2 Å². The van der Waals surface area contributed by atoms with Gasteiger partial charge in [-0.2, -0.15) is 0 Å². The monoisotopic (exact) mass is 397 g/mol. The summed E-state index contributed by atoms with van der Waals surface area (Å²) in [6, 6.07) is 13.5. The highest BCUT2D eigenvalue weighted by Gasteiger charge is 2.36. The van der Waals surface area contributed by atoms with Crippen LogP contribution in [0, 0.1) is 5.92 Å². The van der Waals surface area contributed by atoms with Crippen molar-refractivity contribution in [3.8, 4) is 5.75 Å². The fraction of sp³-hybridized carbons (Fsp3) is 0.364. The molecule has 1 aliphatic rings. The number of carbonyl (C=O) groups is 1. The molecule has 6 heteroatoms. The molecule has 146 valence electrons. The molecule has 28 heavy (non-hydrogen) atoms. The Labute approximate surface area is 169 Å². The van der Waals surface area contributed by atoms with Crippen molar-refractivity contribution >= 4 is 34.2 Å². The number of fused-ring (bicyclic) bond motifs is 1. The van der Waals surface area contributed by atoms with Crippen molar-refractivity contribution in [2.75, 3.05) is 18.6 Å². The van der Waals surface area contributed by atoms with Crippen LogP contribution in [0.3, 0.4) is 0 Å². The second-order valence-corrected chi connectivity index (χ2v) is 8.12. The van der Waals surface area contributed by atoms with Crippen LogP contribution in [0.2, 0.25) is 5.02 Å². The predicted octanol–water partition coefficient (Wildman–Crippen LogP) is 4.87. The standard InChI is InChI=1S/C22H24ClN3O2/c1-14(2)12-26-18-7-5-4-6-17(18)24-22(26)15-10-21(27)25(13-15)19-11-16(23)8-9-20(19)28-3/h4-9,11,14-15H,10,12-13H2,1-3H3/t15-/m0/s1. The molecule has 1 saturated heterocycles. The number of amides is 1. The van der Waals surface area contributed by atoms with Crippen molar-refractivity contribution in [2.24, 2.45) is 5.92 Å². The van der Waals surface area contributed by atoms with Crippen molar-refractivity contribution in [1.82, 2.24) is 9.55 Å². The molecule has 1 atom stereocenters. The first kappa shape index (κ1) is 18.8. The van der Waals surface area contributed by atoms with Crippen molar-refractivity contribution < 1.29 is 9.53 Å². The molecule has 4 rings (SSSR count). The van der Waals surface area contributed by atoms with E-state index in [0.717, 1.165) is 23.4 Å². The van der Waals surface area contributed by atoms with E-state index in [4.69, 9.17) is 21.3 Å². The molecule has 0 unspecified atom stereocenters. The number of rotatable bonds is 5. The molecule has 0 radical (unpaired) electrons. The molecule has 0 bridgehead atoms. The minimum Gasteiger partial charge on any atom is -0.495 e. The number of halogens is 1. The minimum atomic E-state index is 0.0299. The van der Waals surface area contributed by atoms with Gasteiger partial charge in [0.25, 0.3) is 0 Å². The zero-order valence-corrected chi connectivity index (χ0v) is 17.1. The van der Waals surface area contributed by atoms with Gasteiger partial charge in [-0.15, -0.1) is 0 Å². The van der Waals surface area contributed by atoms with Gasteiger partial charge in [0.15, 0.2) is 0 Å². The van der Waals surface area contributed by atoms with E-state index in [0.29, 0.717) is 35.3 Å². The molecule has 1 aliphatic heterocycles. The van der Waals surface area contributed by atoms with Crippen LogP contribution in [0.25, 0.3) is 11.0 Å². The molecule has 2 heterocycles. The molecule has 0 N–H and O–H groups in total. The van der Waals surface area contributed by atoms with Crippen LogP contribution in [-0.4, -0.2) is 29.1 Å². The van der Waals surface area contributed by atoms with Gasteiger partial charge in [0.1, 0.15) is 11.6 Å². The predicted molar refractivity (Wildman–Crippen MR) is 112 cm³/mol. The summed E-state index contributed by atoms with van der Waals surface area (Å²) >= 11 is 6.18. The Hall–Kier alpha value is -2.53. The van der Waals surface area contributed by atoms with Crippen LogP contribution in [0.4, 0.5) is 5.69 Å². The van der Waals surface area contributed by atoms with E-state index in [1.807, 2.05) is 18.2 Å². The maximum absolute atomic E-state index is 12.9. The van der Waals surface area contributed by atoms with Crippen molar-refractivity contribution in [2.45, 2.75) is 32.7 Å². The third-order valence-corrected chi connectivity index (χ3v) is 5.39. The maximum atomic E-state index is 12.9. The van der Waals surface area contributed by atoms with Gasteiger partial charge in [0.2, 0.25) is 5.91 Å². The van der Waals surface area contributed by atoms with Crippen molar-refractivity contribution in [3.63, 3.8) is 0 Å². The molecule has 1 fully saturated rings. The fourth-order valence-corrected chi connectivity index (χ4v) is 4.12. The summed E-state index contributed by atoms with van der Waals surface area (Å²) in [5, 5.41) is 0.582. The summed E-state index contributed by atoms with van der Waals surface area (Å²) in [6.45, 7) is 5.83. The lowest BCUT2D eigenvalue weighted by molar-refractivity contribution is -0.117. The highest BCUT2D eigenvalue weighted by atomic mass is 35.5. The Morgan fingerprint density at radius 2 is 2.04 bits per heavy atom. The zero-order chi connectivity index (χ0) is 19.8. The van der Waals surface area contributed by atoms with Gasteiger partial charge in [-0.3, -0.25) is 4.79 Å². The number of para-hydroxylation sites is 2. The van der Waals surface area contributed by atoms with E-state index in [9.17, 15) is 4.79 Å². The number of methoxy groups -OCH3 is 1. The van der Waals surface area contributed by atoms with E-state index in [1.165, 1.54) is 0 Å². The number of benzene rings is 2. The molecule has 1 amide bonds. The summed E-state index contributed by atoms with van der Waals surface area (Å²) in [7, 11) is 1.60. The second kappa shape index (κ2) is 7.47. The topological polar surface area (TPSA) is 47.4 Å². The lowest BCUT2D eigenvalue weighted by Gasteiger charge is -2.20. The van der Waals surface area contributed by atoms with Gasteiger partial charge in [-0.1, -0.05) is 37.6 Å². The van der Waals surface area contributed by atoms with Crippen LogP contribution < -0.4 is 9.64 Å². The van der Waals surface area contributed by atoms with E-state index in [1.54, 1.807) is 30.2 Å². The molecule has 0 spiro atoms. The van der Waals surface area contributed by atoms with Crippen molar-refractivity contribution in [3.05, 3.63) is 53.3 Å². The molecule has 5 nitrogen and oxygen atoms in total. The first-order valence-corrected chi connectivity index (χ1v) is 9.94. The summed E-state index contributed by atoms with van der Waals surface area (Å²) in [5.41, 5.74) is 2.82. The fourth-order valence-electron chi connectivity index (χ4n) is 3.95. The van der Waals surface area contributed by atoms with E-state index < -0.39 is 0 Å². The van der Waals surface area contributed by atoms with Gasteiger partial charge in [0, 0.05) is 30.5 Å². The lowest BCUT2D eigenvalue weighted by atomic mass is 10.1. The lowest BCUT2D eigenvalue weighted by Crippen LogP contribution is -2.25. The third kappa shape index (κ3) is 3.35. The van der Waals surface area contributed by atoms with E-state index >= 15 is 0 Å². The van der Waals surface area contributed by atoms with E-state index in [-0.39, 0.29) is 11.8 Å². The summed E-state index contributed by atoms with van der Waals surface area (Å²) < 4.78 is 7.73. The normalized spacial score (nSPS) is 17.1. The molecule has 0 saturated carbocycles. The third-order valence-electron chi connectivity index (χ3n) is 5.15. The van der Waals surface area contributed by atoms with Crippen LogP contribution in [-0.2, 0) is 11.3 Å². The summed E-state index contributed by atoms with van der Waals surface area (Å²) in [4.78, 5) is 19.5. The quantitative estimate of drug-likeness (QED) is 0.616. The number of nitrogens with zero attached hydrogens (tertiary/aromatic N) is 3. The van der Waals surface area contributed by atoms with Crippen LogP contribution in [0.15, 0.2) is 42.5 Å². The van der Waals surface area contributed by atoms with Crippen LogP contribution in [0.1, 0.15) is 32.0 Å². The van der Waals surface area contributed by atoms with Gasteiger partial charge in [-0.05, 0) is 36.2 Å². The Bertz CT molecular complexity index is 1030. The number of hydrogen-bond acceptors (Lipinski definition) is 3. The Kier molecular flexibility index (Phi) is 5.02. The Morgan fingerprint density at radius 1 is 1.25 bits per heavy atom. The van der Waals surface area contributed by atoms with Gasteiger partial charge in [-0.25, -0.2) is 4.98 Å². The summed E-state index contributed by atoms with van der Waals surface area (Å²) in [6.07, 6.45) is 0.428. The number of aromatic nitrogens is 2. The van der Waals surface area contributed by atoms with E-state index in [2.05, 4.69) is 24.5 Å². The summed E-state index contributed by atoms with van der Waals surface area (Å²) in [5.74, 6) is 2.20. The average molecular weight is 398 g/mol.